The van der Waals surface area contributed by atoms with E-state index < -0.39 is 0 Å². The molecule has 2 heteroatoms. The van der Waals surface area contributed by atoms with E-state index in [2.05, 4.69) is 13.0 Å². The Morgan fingerprint density at radius 2 is 2.07 bits per heavy atom. The molecular weight excluding hydrogens is 174 g/mol. The van der Waals surface area contributed by atoms with Crippen LogP contribution in [0.25, 0.3) is 0 Å². The van der Waals surface area contributed by atoms with E-state index in [1.165, 1.54) is 6.42 Å². The van der Waals surface area contributed by atoms with E-state index in [4.69, 9.17) is 0 Å². The summed E-state index contributed by atoms with van der Waals surface area (Å²) in [6.07, 6.45) is 8.34. The van der Waals surface area contributed by atoms with E-state index in [-0.39, 0.29) is 5.92 Å². The SMILES string of the molecule is CCCCC(C/C=C\N(C)C)C(C)=O. The Hall–Kier alpha value is -0.790. The average Bonchev–Trinajstić information content (AvgIpc) is 2.09. The molecule has 1 unspecified atom stereocenters. The van der Waals surface area contributed by atoms with Crippen LogP contribution in [0.15, 0.2) is 12.3 Å². The predicted octanol–water partition coefficient (Wildman–Crippen LogP) is 2.85. The largest absolute Gasteiger partial charge is 0.384 e. The van der Waals surface area contributed by atoms with Gasteiger partial charge in [-0.2, -0.15) is 0 Å². The second kappa shape index (κ2) is 7.60. The van der Waals surface area contributed by atoms with Crippen molar-refractivity contribution in [3.63, 3.8) is 0 Å². The molecule has 0 aliphatic heterocycles. The smallest absolute Gasteiger partial charge is 0.133 e. The van der Waals surface area contributed by atoms with Crippen molar-refractivity contribution < 1.29 is 4.79 Å². The Kier molecular flexibility index (Phi) is 7.17. The molecule has 0 fully saturated rings. The molecule has 0 N–H and O–H groups in total. The molecule has 0 aromatic heterocycles. The van der Waals surface area contributed by atoms with Crippen LogP contribution in [0.5, 0.6) is 0 Å². The molecule has 0 spiro atoms. The van der Waals surface area contributed by atoms with Gasteiger partial charge in [-0.1, -0.05) is 25.8 Å². The minimum absolute atomic E-state index is 0.228. The van der Waals surface area contributed by atoms with Crippen molar-refractivity contribution >= 4 is 5.78 Å². The van der Waals surface area contributed by atoms with Gasteiger partial charge in [0.25, 0.3) is 0 Å². The molecule has 0 saturated carbocycles. The molecule has 0 amide bonds. The number of rotatable bonds is 7. The van der Waals surface area contributed by atoms with Crippen LogP contribution in [-0.2, 0) is 4.79 Å². The number of carbonyl (C=O) groups is 1. The van der Waals surface area contributed by atoms with Crippen LogP contribution in [0, 0.1) is 5.92 Å². The van der Waals surface area contributed by atoms with Crippen molar-refractivity contribution in [1.29, 1.82) is 0 Å². The molecule has 2 nitrogen and oxygen atoms in total. The Bertz CT molecular complexity index is 185. The van der Waals surface area contributed by atoms with Crippen LogP contribution in [0.1, 0.15) is 39.5 Å². The van der Waals surface area contributed by atoms with Gasteiger partial charge in [-0.25, -0.2) is 0 Å². The van der Waals surface area contributed by atoms with E-state index in [1.807, 2.05) is 25.2 Å². The van der Waals surface area contributed by atoms with Crippen LogP contribution >= 0.6 is 0 Å². The van der Waals surface area contributed by atoms with Gasteiger partial charge in [0.15, 0.2) is 0 Å². The lowest BCUT2D eigenvalue weighted by Crippen LogP contribution is -2.10. The molecule has 0 heterocycles. The fraction of sp³-hybridized carbons (Fsp3) is 0.750. The zero-order valence-corrected chi connectivity index (χ0v) is 9.92. The number of carbonyl (C=O) groups excluding carboxylic acids is 1. The van der Waals surface area contributed by atoms with Gasteiger partial charge >= 0.3 is 0 Å². The maximum atomic E-state index is 11.3. The van der Waals surface area contributed by atoms with E-state index >= 15 is 0 Å². The lowest BCUT2D eigenvalue weighted by Gasteiger charge is -2.11. The Morgan fingerprint density at radius 1 is 1.43 bits per heavy atom. The standard InChI is InChI=1S/C12H23NO/c1-5-6-8-12(11(2)14)9-7-10-13(3)4/h7,10,12H,5-6,8-9H2,1-4H3/b10-7-. The monoisotopic (exact) mass is 197 g/mol. The van der Waals surface area contributed by atoms with Crippen molar-refractivity contribution in [2.24, 2.45) is 5.92 Å². The highest BCUT2D eigenvalue weighted by Crippen LogP contribution is 2.14. The summed E-state index contributed by atoms with van der Waals surface area (Å²) >= 11 is 0. The molecule has 0 aliphatic carbocycles. The van der Waals surface area contributed by atoms with E-state index in [9.17, 15) is 4.79 Å². The van der Waals surface area contributed by atoms with E-state index in [0.29, 0.717) is 5.78 Å². The number of unbranched alkanes of at least 4 members (excludes halogenated alkanes) is 1. The van der Waals surface area contributed by atoms with Gasteiger partial charge in [-0.15, -0.1) is 0 Å². The number of hydrogen-bond acceptors (Lipinski definition) is 2. The average molecular weight is 197 g/mol. The molecular formula is C12H23NO. The lowest BCUT2D eigenvalue weighted by molar-refractivity contribution is -0.120. The van der Waals surface area contributed by atoms with Crippen LogP contribution in [0.4, 0.5) is 0 Å². The van der Waals surface area contributed by atoms with Gasteiger partial charge in [0.2, 0.25) is 0 Å². The first kappa shape index (κ1) is 13.2. The van der Waals surface area contributed by atoms with Gasteiger partial charge in [0.1, 0.15) is 5.78 Å². The summed E-state index contributed by atoms with van der Waals surface area (Å²) in [6, 6.07) is 0. The second-order valence-electron chi connectivity index (χ2n) is 4.03. The van der Waals surface area contributed by atoms with Crippen molar-refractivity contribution in [1.82, 2.24) is 4.90 Å². The summed E-state index contributed by atoms with van der Waals surface area (Å²) in [7, 11) is 3.98. The van der Waals surface area contributed by atoms with Crippen LogP contribution in [-0.4, -0.2) is 24.8 Å². The van der Waals surface area contributed by atoms with Crippen LogP contribution in [0.2, 0.25) is 0 Å². The number of ketones is 1. The molecule has 0 radical (unpaired) electrons. The zero-order valence-electron chi connectivity index (χ0n) is 9.92. The molecule has 0 bridgehead atoms. The third kappa shape index (κ3) is 6.70. The molecule has 1 atom stereocenters. The number of allylic oxidation sites excluding steroid dienone is 1. The summed E-state index contributed by atoms with van der Waals surface area (Å²) in [5, 5.41) is 0. The highest BCUT2D eigenvalue weighted by atomic mass is 16.1. The third-order valence-electron chi connectivity index (χ3n) is 2.31. The molecule has 82 valence electrons. The van der Waals surface area contributed by atoms with Gasteiger partial charge < -0.3 is 4.90 Å². The fourth-order valence-electron chi connectivity index (χ4n) is 1.37. The van der Waals surface area contributed by atoms with Crippen molar-refractivity contribution in [3.05, 3.63) is 12.3 Å². The van der Waals surface area contributed by atoms with Crippen molar-refractivity contribution in [3.8, 4) is 0 Å². The molecule has 0 saturated heterocycles. The summed E-state index contributed by atoms with van der Waals surface area (Å²) in [6.45, 7) is 3.86. The quantitative estimate of drug-likeness (QED) is 0.625. The highest BCUT2D eigenvalue weighted by molar-refractivity contribution is 5.78. The molecule has 0 aromatic rings. The summed E-state index contributed by atoms with van der Waals surface area (Å²) in [5.74, 6) is 0.549. The number of Topliss-reactive ketones (excluding diaryl/α,β-unsaturated/α-hetero) is 1. The number of hydrogen-bond donors (Lipinski definition) is 0. The first-order valence-electron chi connectivity index (χ1n) is 5.41. The van der Waals surface area contributed by atoms with Crippen molar-refractivity contribution in [2.75, 3.05) is 14.1 Å². The second-order valence-corrected chi connectivity index (χ2v) is 4.03. The first-order chi connectivity index (χ1) is 6.57. The first-order valence-corrected chi connectivity index (χ1v) is 5.41. The Balaban J connectivity index is 3.91. The third-order valence-corrected chi connectivity index (χ3v) is 2.31. The van der Waals surface area contributed by atoms with Crippen LogP contribution < -0.4 is 0 Å². The fourth-order valence-corrected chi connectivity index (χ4v) is 1.37. The van der Waals surface area contributed by atoms with Crippen molar-refractivity contribution in [2.45, 2.75) is 39.5 Å². The van der Waals surface area contributed by atoms with Gasteiger partial charge in [-0.05, 0) is 26.0 Å². The molecule has 0 rings (SSSR count). The van der Waals surface area contributed by atoms with E-state index in [1.54, 1.807) is 6.92 Å². The van der Waals surface area contributed by atoms with Gasteiger partial charge in [-0.3, -0.25) is 4.79 Å². The van der Waals surface area contributed by atoms with Gasteiger partial charge in [0, 0.05) is 20.0 Å². The number of nitrogens with zero attached hydrogens (tertiary/aromatic N) is 1. The molecule has 0 aliphatic rings. The highest BCUT2D eigenvalue weighted by Gasteiger charge is 2.11. The maximum absolute atomic E-state index is 11.3. The Labute approximate surface area is 88.0 Å². The Morgan fingerprint density at radius 3 is 2.50 bits per heavy atom. The minimum Gasteiger partial charge on any atom is -0.384 e. The summed E-state index contributed by atoms with van der Waals surface area (Å²) in [5.41, 5.74) is 0. The molecule has 14 heavy (non-hydrogen) atoms. The summed E-state index contributed by atoms with van der Waals surface area (Å²) in [4.78, 5) is 13.3. The summed E-state index contributed by atoms with van der Waals surface area (Å²) < 4.78 is 0. The minimum atomic E-state index is 0.228. The topological polar surface area (TPSA) is 20.3 Å². The van der Waals surface area contributed by atoms with E-state index in [0.717, 1.165) is 19.3 Å². The maximum Gasteiger partial charge on any atom is 0.133 e. The lowest BCUT2D eigenvalue weighted by atomic mass is 9.95. The predicted molar refractivity (Wildman–Crippen MR) is 61.1 cm³/mol. The molecule has 0 aromatic carbocycles. The normalized spacial score (nSPS) is 13.1. The zero-order chi connectivity index (χ0) is 11.0. The van der Waals surface area contributed by atoms with Crippen LogP contribution in [0.3, 0.4) is 0 Å². The van der Waals surface area contributed by atoms with Gasteiger partial charge in [0.05, 0.1) is 0 Å².